The number of aromatic nitrogens is 2. The standard InChI is InChI=1S/C14H27N3O/c1-6-10-17-11-9-15-12(17)14(5,18)7-8-16-13(2,3)4/h9,11,16,18H,6-8,10H2,1-5H3. The summed E-state index contributed by atoms with van der Waals surface area (Å²) < 4.78 is 2.04. The third-order valence-corrected chi connectivity index (χ3v) is 2.93. The molecule has 18 heavy (non-hydrogen) atoms. The van der Waals surface area contributed by atoms with Crippen LogP contribution in [-0.4, -0.2) is 26.7 Å². The maximum atomic E-state index is 10.6. The first-order valence-electron chi connectivity index (χ1n) is 6.75. The quantitative estimate of drug-likeness (QED) is 0.817. The molecule has 0 radical (unpaired) electrons. The van der Waals surface area contributed by atoms with E-state index in [0.29, 0.717) is 6.42 Å². The Balaban J connectivity index is 2.64. The number of hydrogen-bond donors (Lipinski definition) is 2. The lowest BCUT2D eigenvalue weighted by atomic mass is 10.00. The molecule has 0 fully saturated rings. The predicted molar refractivity (Wildman–Crippen MR) is 74.5 cm³/mol. The van der Waals surface area contributed by atoms with E-state index in [9.17, 15) is 5.11 Å². The fourth-order valence-corrected chi connectivity index (χ4v) is 1.99. The zero-order valence-corrected chi connectivity index (χ0v) is 12.3. The van der Waals surface area contributed by atoms with Crippen LogP contribution in [0.1, 0.15) is 53.3 Å². The molecule has 1 atom stereocenters. The fraction of sp³-hybridized carbons (Fsp3) is 0.786. The molecule has 0 saturated carbocycles. The van der Waals surface area contributed by atoms with Crippen molar-refractivity contribution in [2.75, 3.05) is 6.54 Å². The summed E-state index contributed by atoms with van der Waals surface area (Å²) in [5.41, 5.74) is -0.800. The molecule has 1 heterocycles. The minimum Gasteiger partial charge on any atom is -0.382 e. The van der Waals surface area contributed by atoms with Crippen molar-refractivity contribution in [2.45, 2.75) is 65.1 Å². The van der Waals surface area contributed by atoms with Crippen molar-refractivity contribution >= 4 is 0 Å². The van der Waals surface area contributed by atoms with E-state index in [-0.39, 0.29) is 5.54 Å². The largest absolute Gasteiger partial charge is 0.382 e. The van der Waals surface area contributed by atoms with Gasteiger partial charge >= 0.3 is 0 Å². The molecule has 1 aromatic rings. The topological polar surface area (TPSA) is 50.1 Å². The zero-order valence-electron chi connectivity index (χ0n) is 12.3. The van der Waals surface area contributed by atoms with Crippen LogP contribution in [-0.2, 0) is 12.1 Å². The summed E-state index contributed by atoms with van der Waals surface area (Å²) in [5.74, 6) is 0.764. The SMILES string of the molecule is CCCn1ccnc1C(C)(O)CCNC(C)(C)C. The van der Waals surface area contributed by atoms with Crippen molar-refractivity contribution in [2.24, 2.45) is 0 Å². The van der Waals surface area contributed by atoms with Crippen molar-refractivity contribution in [3.8, 4) is 0 Å². The lowest BCUT2D eigenvalue weighted by molar-refractivity contribution is 0.0336. The third-order valence-electron chi connectivity index (χ3n) is 2.93. The van der Waals surface area contributed by atoms with Crippen LogP contribution in [0.25, 0.3) is 0 Å². The van der Waals surface area contributed by atoms with Gasteiger partial charge in [0, 0.05) is 24.5 Å². The van der Waals surface area contributed by atoms with Gasteiger partial charge in [0.05, 0.1) is 0 Å². The Morgan fingerprint density at radius 1 is 1.33 bits per heavy atom. The Kier molecular flexibility index (Phi) is 4.93. The molecule has 0 spiro atoms. The maximum Gasteiger partial charge on any atom is 0.140 e. The van der Waals surface area contributed by atoms with Gasteiger partial charge in [0.1, 0.15) is 11.4 Å². The number of nitrogens with one attached hydrogen (secondary N) is 1. The van der Waals surface area contributed by atoms with Crippen LogP contribution in [0.2, 0.25) is 0 Å². The summed E-state index contributed by atoms with van der Waals surface area (Å²) >= 11 is 0. The van der Waals surface area contributed by atoms with Gasteiger partial charge in [0.15, 0.2) is 0 Å². The van der Waals surface area contributed by atoms with Gasteiger partial charge in [-0.05, 0) is 47.1 Å². The Morgan fingerprint density at radius 3 is 2.56 bits per heavy atom. The van der Waals surface area contributed by atoms with Crippen LogP contribution in [0.3, 0.4) is 0 Å². The molecule has 0 amide bonds. The summed E-state index contributed by atoms with van der Waals surface area (Å²) in [7, 11) is 0. The van der Waals surface area contributed by atoms with Gasteiger partial charge in [-0.25, -0.2) is 4.98 Å². The minimum atomic E-state index is -0.878. The minimum absolute atomic E-state index is 0.0783. The molecule has 0 saturated heterocycles. The van der Waals surface area contributed by atoms with Gasteiger partial charge in [-0.1, -0.05) is 6.92 Å². The Morgan fingerprint density at radius 2 is 2.00 bits per heavy atom. The number of hydrogen-bond acceptors (Lipinski definition) is 3. The summed E-state index contributed by atoms with van der Waals surface area (Å²) in [6.45, 7) is 12.0. The van der Waals surface area contributed by atoms with Crippen molar-refractivity contribution < 1.29 is 5.11 Å². The highest BCUT2D eigenvalue weighted by Gasteiger charge is 2.28. The molecule has 0 aromatic carbocycles. The second-order valence-electron chi connectivity index (χ2n) is 6.14. The van der Waals surface area contributed by atoms with Crippen LogP contribution in [0.15, 0.2) is 12.4 Å². The fourth-order valence-electron chi connectivity index (χ4n) is 1.99. The second-order valence-corrected chi connectivity index (χ2v) is 6.14. The van der Waals surface area contributed by atoms with Crippen LogP contribution in [0.5, 0.6) is 0 Å². The highest BCUT2D eigenvalue weighted by atomic mass is 16.3. The normalized spacial score (nSPS) is 15.7. The zero-order chi connectivity index (χ0) is 13.8. The van der Waals surface area contributed by atoms with Crippen molar-refractivity contribution in [3.63, 3.8) is 0 Å². The molecule has 0 bridgehead atoms. The van der Waals surface area contributed by atoms with Gasteiger partial charge in [0.25, 0.3) is 0 Å². The first-order chi connectivity index (χ1) is 8.26. The lowest BCUT2D eigenvalue weighted by Crippen LogP contribution is -2.39. The van der Waals surface area contributed by atoms with E-state index in [1.54, 1.807) is 6.20 Å². The van der Waals surface area contributed by atoms with Gasteiger partial charge < -0.3 is 15.0 Å². The van der Waals surface area contributed by atoms with E-state index in [4.69, 9.17) is 0 Å². The average Bonchev–Trinajstić information content (AvgIpc) is 2.64. The molecule has 0 aliphatic carbocycles. The summed E-state index contributed by atoms with van der Waals surface area (Å²) in [6, 6.07) is 0. The van der Waals surface area contributed by atoms with E-state index in [1.165, 1.54) is 0 Å². The van der Waals surface area contributed by atoms with Gasteiger partial charge in [-0.3, -0.25) is 0 Å². The molecule has 1 aromatic heterocycles. The van der Waals surface area contributed by atoms with Gasteiger partial charge in [-0.15, -0.1) is 0 Å². The number of aryl methyl sites for hydroxylation is 1. The Bertz CT molecular complexity index is 363. The molecule has 1 rings (SSSR count). The van der Waals surface area contributed by atoms with Gasteiger partial charge in [0.2, 0.25) is 0 Å². The highest BCUT2D eigenvalue weighted by molar-refractivity contribution is 5.03. The van der Waals surface area contributed by atoms with E-state index < -0.39 is 5.60 Å². The second kappa shape index (κ2) is 5.85. The monoisotopic (exact) mass is 253 g/mol. The lowest BCUT2D eigenvalue weighted by Gasteiger charge is -2.27. The Labute approximate surface area is 110 Å². The van der Waals surface area contributed by atoms with Crippen molar-refractivity contribution in [3.05, 3.63) is 18.2 Å². The van der Waals surface area contributed by atoms with E-state index in [0.717, 1.165) is 25.3 Å². The van der Waals surface area contributed by atoms with Crippen molar-refractivity contribution in [1.29, 1.82) is 0 Å². The molecular weight excluding hydrogens is 226 g/mol. The first-order valence-corrected chi connectivity index (χ1v) is 6.75. The third kappa shape index (κ3) is 4.42. The average molecular weight is 253 g/mol. The molecule has 4 heteroatoms. The van der Waals surface area contributed by atoms with E-state index >= 15 is 0 Å². The number of rotatable bonds is 6. The summed E-state index contributed by atoms with van der Waals surface area (Å²) in [4.78, 5) is 4.31. The van der Waals surface area contributed by atoms with E-state index in [2.05, 4.69) is 38.0 Å². The molecule has 0 aliphatic rings. The molecule has 4 nitrogen and oxygen atoms in total. The molecule has 2 N–H and O–H groups in total. The summed E-state index contributed by atoms with van der Waals surface area (Å²) in [6.07, 6.45) is 5.39. The maximum absolute atomic E-state index is 10.6. The molecule has 104 valence electrons. The van der Waals surface area contributed by atoms with Crippen LogP contribution in [0, 0.1) is 0 Å². The number of imidazole rings is 1. The highest BCUT2D eigenvalue weighted by Crippen LogP contribution is 2.23. The van der Waals surface area contributed by atoms with E-state index in [1.807, 2.05) is 17.7 Å². The van der Waals surface area contributed by atoms with Crippen LogP contribution >= 0.6 is 0 Å². The van der Waals surface area contributed by atoms with Crippen LogP contribution < -0.4 is 5.32 Å². The Hall–Kier alpha value is -0.870. The summed E-state index contributed by atoms with van der Waals surface area (Å²) in [5, 5.41) is 14.0. The van der Waals surface area contributed by atoms with Crippen molar-refractivity contribution in [1.82, 2.24) is 14.9 Å². The first kappa shape index (κ1) is 15.2. The van der Waals surface area contributed by atoms with Crippen LogP contribution in [0.4, 0.5) is 0 Å². The molecule has 0 aliphatic heterocycles. The van der Waals surface area contributed by atoms with Gasteiger partial charge in [-0.2, -0.15) is 0 Å². The smallest absolute Gasteiger partial charge is 0.140 e. The number of aliphatic hydroxyl groups is 1. The molecular formula is C14H27N3O. The predicted octanol–water partition coefficient (Wildman–Crippen LogP) is 2.28. The number of nitrogens with zero attached hydrogens (tertiary/aromatic N) is 2. The molecule has 1 unspecified atom stereocenters.